The first-order valence-electron chi connectivity index (χ1n) is 7.23. The summed E-state index contributed by atoms with van der Waals surface area (Å²) in [7, 11) is 1.94. The zero-order valence-electron chi connectivity index (χ0n) is 12.0. The summed E-state index contributed by atoms with van der Waals surface area (Å²) >= 11 is 0. The average Bonchev–Trinajstić information content (AvgIpc) is 2.66. The van der Waals surface area contributed by atoms with Crippen LogP contribution in [0, 0.1) is 6.92 Å². The van der Waals surface area contributed by atoms with E-state index < -0.39 is 0 Å². The molecule has 19 heavy (non-hydrogen) atoms. The van der Waals surface area contributed by atoms with Crippen molar-refractivity contribution in [1.82, 2.24) is 4.90 Å². The highest BCUT2D eigenvalue weighted by Gasteiger charge is 2.23. The molecule has 0 atom stereocenters. The number of rotatable bonds is 2. The number of nitrogens with two attached hydrogens (primary N) is 1. The molecule has 0 aromatic heterocycles. The van der Waals surface area contributed by atoms with Gasteiger partial charge in [-0.1, -0.05) is 25.7 Å². The molecule has 1 fully saturated rings. The Morgan fingerprint density at radius 3 is 2.42 bits per heavy atom. The van der Waals surface area contributed by atoms with Crippen molar-refractivity contribution in [2.24, 2.45) is 0 Å². The van der Waals surface area contributed by atoms with Crippen LogP contribution < -0.4 is 5.73 Å². The highest BCUT2D eigenvalue weighted by Crippen LogP contribution is 2.23. The van der Waals surface area contributed by atoms with Crippen LogP contribution in [0.25, 0.3) is 0 Å². The van der Waals surface area contributed by atoms with Crippen LogP contribution in [0.2, 0.25) is 0 Å². The Hall–Kier alpha value is -1.51. The molecule has 1 saturated carbocycles. The number of nitrogen functional groups attached to an aromatic ring is 1. The lowest BCUT2D eigenvalue weighted by molar-refractivity contribution is 0.0717. The van der Waals surface area contributed by atoms with Gasteiger partial charge < -0.3 is 10.6 Å². The van der Waals surface area contributed by atoms with Gasteiger partial charge in [-0.3, -0.25) is 4.79 Å². The standard InChI is InChI=1S/C16H24N2O/c1-12-11-13(17)9-10-15(12)16(19)18(2)14-7-5-3-4-6-8-14/h9-11,14H,3-8,17H2,1-2H3. The first-order valence-corrected chi connectivity index (χ1v) is 7.23. The summed E-state index contributed by atoms with van der Waals surface area (Å²) in [5, 5.41) is 0. The van der Waals surface area contributed by atoms with Crippen molar-refractivity contribution in [3.63, 3.8) is 0 Å². The van der Waals surface area contributed by atoms with Crippen LogP contribution in [0.15, 0.2) is 18.2 Å². The van der Waals surface area contributed by atoms with E-state index in [0.29, 0.717) is 11.7 Å². The van der Waals surface area contributed by atoms with Gasteiger partial charge in [-0.15, -0.1) is 0 Å². The number of benzene rings is 1. The molecule has 0 bridgehead atoms. The molecule has 0 spiro atoms. The fraction of sp³-hybridized carbons (Fsp3) is 0.562. The highest BCUT2D eigenvalue weighted by molar-refractivity contribution is 5.96. The van der Waals surface area contributed by atoms with Crippen LogP contribution >= 0.6 is 0 Å². The lowest BCUT2D eigenvalue weighted by Crippen LogP contribution is -2.37. The van der Waals surface area contributed by atoms with E-state index in [1.54, 1.807) is 6.07 Å². The smallest absolute Gasteiger partial charge is 0.254 e. The second kappa shape index (κ2) is 6.09. The van der Waals surface area contributed by atoms with E-state index in [0.717, 1.165) is 24.0 Å². The van der Waals surface area contributed by atoms with Gasteiger partial charge in [0, 0.05) is 24.3 Å². The predicted octanol–water partition coefficient (Wildman–Crippen LogP) is 3.37. The van der Waals surface area contributed by atoms with Gasteiger partial charge >= 0.3 is 0 Å². The third kappa shape index (κ3) is 3.28. The Balaban J connectivity index is 2.13. The molecule has 0 heterocycles. The minimum Gasteiger partial charge on any atom is -0.399 e. The lowest BCUT2D eigenvalue weighted by Gasteiger charge is -2.28. The monoisotopic (exact) mass is 260 g/mol. The van der Waals surface area contributed by atoms with Gasteiger partial charge in [0.1, 0.15) is 0 Å². The summed E-state index contributed by atoms with van der Waals surface area (Å²) in [5.41, 5.74) is 8.20. The van der Waals surface area contributed by atoms with Crippen LogP contribution in [0.1, 0.15) is 54.4 Å². The van der Waals surface area contributed by atoms with Gasteiger partial charge in [-0.25, -0.2) is 0 Å². The van der Waals surface area contributed by atoms with E-state index >= 15 is 0 Å². The molecule has 104 valence electrons. The Morgan fingerprint density at radius 2 is 1.84 bits per heavy atom. The number of anilines is 1. The molecule has 1 amide bonds. The molecule has 0 unspecified atom stereocenters. The van der Waals surface area contributed by atoms with Gasteiger partial charge in [0.05, 0.1) is 0 Å². The number of amides is 1. The first-order chi connectivity index (χ1) is 9.09. The fourth-order valence-corrected chi connectivity index (χ4v) is 2.93. The summed E-state index contributed by atoms with van der Waals surface area (Å²) in [6.07, 6.45) is 7.36. The van der Waals surface area contributed by atoms with Gasteiger partial charge in [0.15, 0.2) is 0 Å². The Bertz CT molecular complexity index is 448. The van der Waals surface area contributed by atoms with Gasteiger partial charge in [0.25, 0.3) is 5.91 Å². The van der Waals surface area contributed by atoms with Crippen molar-refractivity contribution in [3.8, 4) is 0 Å². The van der Waals surface area contributed by atoms with Gasteiger partial charge in [0.2, 0.25) is 0 Å². The van der Waals surface area contributed by atoms with E-state index in [9.17, 15) is 4.79 Å². The molecule has 3 heteroatoms. The molecule has 1 aromatic carbocycles. The minimum absolute atomic E-state index is 0.129. The number of hydrogen-bond acceptors (Lipinski definition) is 2. The average molecular weight is 260 g/mol. The SMILES string of the molecule is Cc1cc(N)ccc1C(=O)N(C)C1CCCCCC1. The normalized spacial score (nSPS) is 16.9. The lowest BCUT2D eigenvalue weighted by atomic mass is 10.0. The Labute approximate surface area is 115 Å². The molecule has 1 aromatic rings. The molecule has 0 saturated heterocycles. The number of carbonyl (C=O) groups excluding carboxylic acids is 1. The van der Waals surface area contributed by atoms with Crippen LogP contribution in [-0.4, -0.2) is 23.9 Å². The molecule has 0 radical (unpaired) electrons. The summed E-state index contributed by atoms with van der Waals surface area (Å²) in [6.45, 7) is 1.95. The van der Waals surface area contributed by atoms with Crippen molar-refractivity contribution in [2.75, 3.05) is 12.8 Å². The minimum atomic E-state index is 0.129. The zero-order chi connectivity index (χ0) is 13.8. The van der Waals surface area contributed by atoms with E-state index in [2.05, 4.69) is 0 Å². The summed E-state index contributed by atoms with van der Waals surface area (Å²) in [5.74, 6) is 0.129. The molecular formula is C16H24N2O. The number of hydrogen-bond donors (Lipinski definition) is 1. The fourth-order valence-electron chi connectivity index (χ4n) is 2.93. The largest absolute Gasteiger partial charge is 0.399 e. The van der Waals surface area contributed by atoms with Crippen LogP contribution in [-0.2, 0) is 0 Å². The highest BCUT2D eigenvalue weighted by atomic mass is 16.2. The van der Waals surface area contributed by atoms with Gasteiger partial charge in [-0.05, 0) is 43.5 Å². The Morgan fingerprint density at radius 1 is 1.21 bits per heavy atom. The summed E-state index contributed by atoms with van der Waals surface area (Å²) in [6, 6.07) is 5.92. The zero-order valence-corrected chi connectivity index (χ0v) is 12.0. The Kier molecular flexibility index (Phi) is 4.46. The van der Waals surface area contributed by atoms with E-state index in [1.165, 1.54) is 25.7 Å². The van der Waals surface area contributed by atoms with E-state index in [1.807, 2.05) is 31.0 Å². The van der Waals surface area contributed by atoms with Crippen molar-refractivity contribution in [2.45, 2.75) is 51.5 Å². The molecule has 2 N–H and O–H groups in total. The maximum Gasteiger partial charge on any atom is 0.254 e. The number of carbonyl (C=O) groups is 1. The van der Waals surface area contributed by atoms with Crippen LogP contribution in [0.5, 0.6) is 0 Å². The molecule has 1 aliphatic carbocycles. The number of nitrogens with zero attached hydrogens (tertiary/aromatic N) is 1. The maximum absolute atomic E-state index is 12.6. The quantitative estimate of drug-likeness (QED) is 0.654. The third-order valence-electron chi connectivity index (χ3n) is 4.17. The van der Waals surface area contributed by atoms with Crippen molar-refractivity contribution in [1.29, 1.82) is 0 Å². The molecule has 3 nitrogen and oxygen atoms in total. The van der Waals surface area contributed by atoms with Crippen LogP contribution in [0.3, 0.4) is 0 Å². The second-order valence-electron chi connectivity index (χ2n) is 5.64. The second-order valence-corrected chi connectivity index (χ2v) is 5.64. The van der Waals surface area contributed by atoms with Crippen molar-refractivity contribution >= 4 is 11.6 Å². The first kappa shape index (κ1) is 13.9. The van der Waals surface area contributed by atoms with Gasteiger partial charge in [-0.2, -0.15) is 0 Å². The molecular weight excluding hydrogens is 236 g/mol. The molecule has 1 aliphatic rings. The summed E-state index contributed by atoms with van der Waals surface area (Å²) < 4.78 is 0. The molecule has 0 aliphatic heterocycles. The maximum atomic E-state index is 12.6. The van der Waals surface area contributed by atoms with Crippen molar-refractivity contribution < 1.29 is 4.79 Å². The number of aryl methyl sites for hydroxylation is 1. The third-order valence-corrected chi connectivity index (χ3v) is 4.17. The van der Waals surface area contributed by atoms with Crippen molar-refractivity contribution in [3.05, 3.63) is 29.3 Å². The summed E-state index contributed by atoms with van der Waals surface area (Å²) in [4.78, 5) is 14.5. The van der Waals surface area contributed by atoms with E-state index in [-0.39, 0.29) is 5.91 Å². The van der Waals surface area contributed by atoms with E-state index in [4.69, 9.17) is 5.73 Å². The van der Waals surface area contributed by atoms with Crippen LogP contribution in [0.4, 0.5) is 5.69 Å². The molecule has 2 rings (SSSR count). The predicted molar refractivity (Wildman–Crippen MR) is 79.2 cm³/mol. The topological polar surface area (TPSA) is 46.3 Å².